The summed E-state index contributed by atoms with van der Waals surface area (Å²) in [5.74, 6) is -1.05. The summed E-state index contributed by atoms with van der Waals surface area (Å²) in [6, 6.07) is 4.85. The molecule has 1 amide bonds. The second-order valence-corrected chi connectivity index (χ2v) is 7.66. The standard InChI is InChI=1S/C19H27FN2O4/c1-19(2,3)26-18(25)21-11-13-4-5-16(20)15(10-13)14-6-8-22(9-7-14)12-17(23)24/h4-5,10,14H,6-9,11-12H2,1-3H3,(H,21,25)(H,23,24). The third kappa shape index (κ3) is 6.29. The molecule has 0 unspecified atom stereocenters. The summed E-state index contributed by atoms with van der Waals surface area (Å²) in [5.41, 5.74) is 0.866. The van der Waals surface area contributed by atoms with Crippen LogP contribution < -0.4 is 5.32 Å². The Hall–Kier alpha value is -2.15. The predicted octanol–water partition coefficient (Wildman–Crippen LogP) is 3.11. The van der Waals surface area contributed by atoms with Gasteiger partial charge in [0.25, 0.3) is 0 Å². The highest BCUT2D eigenvalue weighted by atomic mass is 19.1. The number of rotatable bonds is 5. The Bertz CT molecular complexity index is 649. The zero-order chi connectivity index (χ0) is 19.3. The minimum Gasteiger partial charge on any atom is -0.480 e. The number of amides is 1. The first-order valence-corrected chi connectivity index (χ1v) is 8.83. The molecule has 6 nitrogen and oxygen atoms in total. The van der Waals surface area contributed by atoms with Crippen LogP contribution >= 0.6 is 0 Å². The fraction of sp³-hybridized carbons (Fsp3) is 0.579. The Kier molecular flexibility index (Phi) is 6.58. The molecule has 1 aromatic carbocycles. The van der Waals surface area contributed by atoms with E-state index in [1.54, 1.807) is 32.9 Å². The Morgan fingerprint density at radius 3 is 2.54 bits per heavy atom. The molecule has 0 radical (unpaired) electrons. The summed E-state index contributed by atoms with van der Waals surface area (Å²) >= 11 is 0. The van der Waals surface area contributed by atoms with Gasteiger partial charge in [0.05, 0.1) is 6.54 Å². The first-order valence-electron chi connectivity index (χ1n) is 8.83. The minimum absolute atomic E-state index is 0.0229. The summed E-state index contributed by atoms with van der Waals surface area (Å²) < 4.78 is 19.5. The molecule has 1 saturated heterocycles. The number of hydrogen-bond acceptors (Lipinski definition) is 4. The molecule has 1 aliphatic heterocycles. The largest absolute Gasteiger partial charge is 0.480 e. The average Bonchev–Trinajstić information content (AvgIpc) is 2.53. The van der Waals surface area contributed by atoms with Crippen LogP contribution in [-0.4, -0.2) is 47.3 Å². The molecule has 7 heteroatoms. The fourth-order valence-electron chi connectivity index (χ4n) is 3.10. The van der Waals surface area contributed by atoms with E-state index in [4.69, 9.17) is 9.84 Å². The third-order valence-corrected chi connectivity index (χ3v) is 4.28. The molecule has 1 aromatic rings. The zero-order valence-electron chi connectivity index (χ0n) is 15.5. The molecule has 0 aliphatic carbocycles. The minimum atomic E-state index is -0.843. The van der Waals surface area contributed by atoms with Crippen LogP contribution in [0.15, 0.2) is 18.2 Å². The van der Waals surface area contributed by atoms with E-state index in [-0.39, 0.29) is 24.8 Å². The molecule has 0 spiro atoms. The van der Waals surface area contributed by atoms with Crippen molar-refractivity contribution in [2.75, 3.05) is 19.6 Å². The van der Waals surface area contributed by atoms with Crippen molar-refractivity contribution in [3.63, 3.8) is 0 Å². The van der Waals surface area contributed by atoms with Crippen LogP contribution in [0.4, 0.5) is 9.18 Å². The zero-order valence-corrected chi connectivity index (χ0v) is 15.5. The van der Waals surface area contributed by atoms with Gasteiger partial charge in [-0.2, -0.15) is 0 Å². The summed E-state index contributed by atoms with van der Waals surface area (Å²) in [4.78, 5) is 24.4. The summed E-state index contributed by atoms with van der Waals surface area (Å²) in [5, 5.41) is 11.5. The van der Waals surface area contributed by atoms with E-state index in [1.807, 2.05) is 4.90 Å². The van der Waals surface area contributed by atoms with E-state index in [2.05, 4.69) is 5.32 Å². The molecule has 0 atom stereocenters. The molecule has 1 heterocycles. The number of nitrogens with one attached hydrogen (secondary N) is 1. The van der Waals surface area contributed by atoms with Gasteiger partial charge in [-0.15, -0.1) is 0 Å². The van der Waals surface area contributed by atoms with Crippen molar-refractivity contribution in [1.29, 1.82) is 0 Å². The number of likely N-dealkylation sites (tertiary alicyclic amines) is 1. The number of carboxylic acid groups (broad SMARTS) is 1. The fourth-order valence-corrected chi connectivity index (χ4v) is 3.10. The lowest BCUT2D eigenvalue weighted by atomic mass is 9.88. The van der Waals surface area contributed by atoms with E-state index in [0.717, 1.165) is 5.56 Å². The molecule has 1 aliphatic rings. The maximum absolute atomic E-state index is 14.3. The van der Waals surface area contributed by atoms with Crippen LogP contribution in [-0.2, 0) is 16.1 Å². The van der Waals surface area contributed by atoms with Crippen molar-refractivity contribution in [3.8, 4) is 0 Å². The highest BCUT2D eigenvalue weighted by Crippen LogP contribution is 2.30. The molecule has 0 bridgehead atoms. The van der Waals surface area contributed by atoms with E-state index >= 15 is 0 Å². The van der Waals surface area contributed by atoms with E-state index in [1.165, 1.54) is 6.07 Å². The number of carbonyl (C=O) groups is 2. The maximum Gasteiger partial charge on any atom is 0.407 e. The Morgan fingerprint density at radius 1 is 1.31 bits per heavy atom. The molecular weight excluding hydrogens is 339 g/mol. The number of carbonyl (C=O) groups excluding carboxylic acids is 1. The second-order valence-electron chi connectivity index (χ2n) is 7.66. The van der Waals surface area contributed by atoms with Crippen LogP contribution in [0.3, 0.4) is 0 Å². The number of alkyl carbamates (subject to hydrolysis) is 1. The van der Waals surface area contributed by atoms with Gasteiger partial charge in [0.1, 0.15) is 11.4 Å². The summed E-state index contributed by atoms with van der Waals surface area (Å²) in [6.45, 7) is 6.93. The molecule has 2 rings (SSSR count). The monoisotopic (exact) mass is 366 g/mol. The predicted molar refractivity (Wildman–Crippen MR) is 95.5 cm³/mol. The number of benzene rings is 1. The Labute approximate surface area is 153 Å². The SMILES string of the molecule is CC(C)(C)OC(=O)NCc1ccc(F)c(C2CCN(CC(=O)O)CC2)c1. The van der Waals surface area contributed by atoms with Crippen LogP contribution in [0.1, 0.15) is 50.7 Å². The number of nitrogens with zero attached hydrogens (tertiary/aromatic N) is 1. The quantitative estimate of drug-likeness (QED) is 0.837. The summed E-state index contributed by atoms with van der Waals surface area (Å²) in [7, 11) is 0. The van der Waals surface area contributed by atoms with Crippen LogP contribution in [0, 0.1) is 5.82 Å². The number of ether oxygens (including phenoxy) is 1. The lowest BCUT2D eigenvalue weighted by Crippen LogP contribution is -2.36. The molecule has 144 valence electrons. The van der Waals surface area contributed by atoms with Crippen LogP contribution in [0.25, 0.3) is 0 Å². The molecule has 1 fully saturated rings. The number of piperidine rings is 1. The number of halogens is 1. The lowest BCUT2D eigenvalue weighted by molar-refractivity contribution is -0.138. The van der Waals surface area contributed by atoms with Gasteiger partial charge in [0.15, 0.2) is 0 Å². The van der Waals surface area contributed by atoms with Gasteiger partial charge < -0.3 is 15.2 Å². The smallest absolute Gasteiger partial charge is 0.407 e. The van der Waals surface area contributed by atoms with Crippen molar-refractivity contribution in [3.05, 3.63) is 35.1 Å². The first kappa shape index (κ1) is 20.2. The van der Waals surface area contributed by atoms with Crippen LogP contribution in [0.5, 0.6) is 0 Å². The van der Waals surface area contributed by atoms with Crippen molar-refractivity contribution in [1.82, 2.24) is 10.2 Å². The van der Waals surface area contributed by atoms with Gasteiger partial charge >= 0.3 is 12.1 Å². The third-order valence-electron chi connectivity index (χ3n) is 4.28. The van der Waals surface area contributed by atoms with Gasteiger partial charge in [0.2, 0.25) is 0 Å². The Balaban J connectivity index is 1.95. The Morgan fingerprint density at radius 2 is 1.96 bits per heavy atom. The topological polar surface area (TPSA) is 78.9 Å². The molecule has 2 N–H and O–H groups in total. The van der Waals surface area contributed by atoms with E-state index in [0.29, 0.717) is 31.5 Å². The van der Waals surface area contributed by atoms with E-state index < -0.39 is 17.7 Å². The van der Waals surface area contributed by atoms with Gasteiger partial charge in [0, 0.05) is 6.54 Å². The summed E-state index contributed by atoms with van der Waals surface area (Å²) in [6.07, 6.45) is 0.922. The van der Waals surface area contributed by atoms with E-state index in [9.17, 15) is 14.0 Å². The van der Waals surface area contributed by atoms with Crippen molar-refractivity contribution in [2.45, 2.75) is 51.7 Å². The molecule has 26 heavy (non-hydrogen) atoms. The van der Waals surface area contributed by atoms with Gasteiger partial charge in [-0.1, -0.05) is 12.1 Å². The lowest BCUT2D eigenvalue weighted by Gasteiger charge is -2.31. The normalized spacial score (nSPS) is 16.3. The van der Waals surface area contributed by atoms with Gasteiger partial charge in [-0.3, -0.25) is 9.69 Å². The second kappa shape index (κ2) is 8.49. The molecule has 0 saturated carbocycles. The van der Waals surface area contributed by atoms with Crippen molar-refractivity contribution in [2.24, 2.45) is 0 Å². The highest BCUT2D eigenvalue weighted by molar-refractivity contribution is 5.69. The number of carboxylic acids is 1. The van der Waals surface area contributed by atoms with Crippen molar-refractivity contribution >= 4 is 12.1 Å². The van der Waals surface area contributed by atoms with Gasteiger partial charge in [-0.25, -0.2) is 9.18 Å². The number of aliphatic carboxylic acids is 1. The van der Waals surface area contributed by atoms with Crippen LogP contribution in [0.2, 0.25) is 0 Å². The average molecular weight is 366 g/mol. The van der Waals surface area contributed by atoms with Gasteiger partial charge in [-0.05, 0) is 69.8 Å². The first-order chi connectivity index (χ1) is 12.1. The highest BCUT2D eigenvalue weighted by Gasteiger charge is 2.24. The number of hydrogen-bond donors (Lipinski definition) is 2. The molecule has 0 aromatic heterocycles. The maximum atomic E-state index is 14.3. The van der Waals surface area contributed by atoms with Crippen molar-refractivity contribution < 1.29 is 23.8 Å². The molecular formula is C19H27FN2O4.